The van der Waals surface area contributed by atoms with Gasteiger partial charge in [0.15, 0.2) is 0 Å². The van der Waals surface area contributed by atoms with Gasteiger partial charge in [0.2, 0.25) is 0 Å². The number of carbonyl (C=O) groups is 2. The molecule has 0 aliphatic carbocycles. The van der Waals surface area contributed by atoms with Gasteiger partial charge < -0.3 is 10.2 Å². The third-order valence-electron chi connectivity index (χ3n) is 5.16. The minimum Gasteiger partial charge on any atom is -0.307 e. The number of nitrogens with zero attached hydrogens (tertiary/aromatic N) is 3. The van der Waals surface area contributed by atoms with Crippen molar-refractivity contribution >= 4 is 46.3 Å². The number of fused-ring (bicyclic) bond motifs is 3. The van der Waals surface area contributed by atoms with Crippen LogP contribution >= 0.6 is 22.9 Å². The van der Waals surface area contributed by atoms with E-state index in [0.717, 1.165) is 34.0 Å². The minimum absolute atomic E-state index is 0.00192. The molecular weight excluding hydrogens is 453 g/mol. The quantitative estimate of drug-likeness (QED) is 0.453. The van der Waals surface area contributed by atoms with Crippen LogP contribution in [0.3, 0.4) is 0 Å². The number of hydrogen-bond donors (Lipinski definition) is 2. The lowest BCUT2D eigenvalue weighted by molar-refractivity contribution is 0.0986. The zero-order valence-corrected chi connectivity index (χ0v) is 18.0. The number of benzene rings is 1. The first-order valence-electron chi connectivity index (χ1n) is 9.65. The van der Waals surface area contributed by atoms with Gasteiger partial charge in [-0.1, -0.05) is 11.6 Å². The zero-order valence-electron chi connectivity index (χ0n) is 16.4. The van der Waals surface area contributed by atoms with E-state index in [9.17, 15) is 14.0 Å². The fourth-order valence-corrected chi connectivity index (χ4v) is 4.75. The summed E-state index contributed by atoms with van der Waals surface area (Å²) in [5.41, 5.74) is 3.36. The van der Waals surface area contributed by atoms with Gasteiger partial charge in [-0.3, -0.25) is 14.7 Å². The number of carbonyl (C=O) groups excluding carboxylic acids is 2. The second-order valence-electron chi connectivity index (χ2n) is 7.12. The number of rotatable bonds is 3. The van der Waals surface area contributed by atoms with Crippen LogP contribution in [0, 0.1) is 5.82 Å². The first kappa shape index (κ1) is 20.3. The molecule has 160 valence electrons. The molecule has 0 saturated carbocycles. The fourth-order valence-electron chi connectivity index (χ4n) is 3.57. The molecule has 4 aromatic rings. The van der Waals surface area contributed by atoms with Crippen LogP contribution in [0.25, 0.3) is 10.6 Å². The Kier molecular flexibility index (Phi) is 5.20. The molecule has 10 heteroatoms. The van der Waals surface area contributed by atoms with Crippen molar-refractivity contribution in [2.24, 2.45) is 0 Å². The molecule has 0 saturated heterocycles. The number of amides is 2. The SMILES string of the molecule is O=C(Nc1ccc(C(=O)N2CCc3cn[nH]c3-c3sccc32)cn1)c1ccc(F)cc1Cl. The van der Waals surface area contributed by atoms with Crippen LogP contribution < -0.4 is 10.2 Å². The van der Waals surface area contributed by atoms with Crippen LogP contribution in [0.1, 0.15) is 26.3 Å². The number of thiophene rings is 1. The summed E-state index contributed by atoms with van der Waals surface area (Å²) in [7, 11) is 0. The molecular formula is C22H15ClFN5O2S. The van der Waals surface area contributed by atoms with Crippen molar-refractivity contribution in [3.05, 3.63) is 81.7 Å². The summed E-state index contributed by atoms with van der Waals surface area (Å²) in [5.74, 6) is -0.986. The highest BCUT2D eigenvalue weighted by Gasteiger charge is 2.27. The van der Waals surface area contributed by atoms with Crippen molar-refractivity contribution in [1.82, 2.24) is 15.2 Å². The Morgan fingerprint density at radius 3 is 2.84 bits per heavy atom. The van der Waals surface area contributed by atoms with E-state index in [1.165, 1.54) is 12.3 Å². The van der Waals surface area contributed by atoms with Gasteiger partial charge in [-0.25, -0.2) is 9.37 Å². The summed E-state index contributed by atoms with van der Waals surface area (Å²) in [6.07, 6.45) is 3.89. The number of hydrogen-bond acceptors (Lipinski definition) is 5. The van der Waals surface area contributed by atoms with Gasteiger partial charge in [0, 0.05) is 18.3 Å². The van der Waals surface area contributed by atoms with E-state index in [1.807, 2.05) is 11.4 Å². The third-order valence-corrected chi connectivity index (χ3v) is 6.39. The Morgan fingerprint density at radius 2 is 2.06 bits per heavy atom. The molecule has 32 heavy (non-hydrogen) atoms. The number of nitrogens with one attached hydrogen (secondary N) is 2. The number of H-pyrrole nitrogens is 1. The molecule has 1 aliphatic rings. The fraction of sp³-hybridized carbons (Fsp3) is 0.0909. The Morgan fingerprint density at radius 1 is 1.19 bits per heavy atom. The maximum absolute atomic E-state index is 13.2. The lowest BCUT2D eigenvalue weighted by Crippen LogP contribution is -2.32. The maximum Gasteiger partial charge on any atom is 0.259 e. The van der Waals surface area contributed by atoms with Crippen LogP contribution in [0.2, 0.25) is 5.02 Å². The molecule has 1 aromatic carbocycles. The van der Waals surface area contributed by atoms with Crippen molar-refractivity contribution in [2.45, 2.75) is 6.42 Å². The van der Waals surface area contributed by atoms with E-state index in [4.69, 9.17) is 11.6 Å². The molecule has 0 radical (unpaired) electrons. The molecule has 2 N–H and O–H groups in total. The topological polar surface area (TPSA) is 91.0 Å². The van der Waals surface area contributed by atoms with Gasteiger partial charge in [0.1, 0.15) is 11.6 Å². The molecule has 7 nitrogen and oxygen atoms in total. The van der Waals surface area contributed by atoms with Crippen LogP contribution in [-0.2, 0) is 6.42 Å². The summed E-state index contributed by atoms with van der Waals surface area (Å²) < 4.78 is 13.2. The number of pyridine rings is 1. The van der Waals surface area contributed by atoms with Crippen molar-refractivity contribution in [3.63, 3.8) is 0 Å². The van der Waals surface area contributed by atoms with Gasteiger partial charge >= 0.3 is 0 Å². The number of anilines is 2. The molecule has 5 rings (SSSR count). The smallest absolute Gasteiger partial charge is 0.259 e. The Balaban J connectivity index is 1.35. The van der Waals surface area contributed by atoms with E-state index in [1.54, 1.807) is 34.6 Å². The molecule has 0 spiro atoms. The van der Waals surface area contributed by atoms with E-state index in [0.29, 0.717) is 18.5 Å². The van der Waals surface area contributed by atoms with Crippen molar-refractivity contribution < 1.29 is 14.0 Å². The number of aromatic amines is 1. The summed E-state index contributed by atoms with van der Waals surface area (Å²) in [5, 5.41) is 11.7. The average Bonchev–Trinajstić information content (AvgIpc) is 3.41. The predicted octanol–water partition coefficient (Wildman–Crippen LogP) is 4.78. The maximum atomic E-state index is 13.2. The van der Waals surface area contributed by atoms with Crippen LogP contribution in [-0.4, -0.2) is 33.5 Å². The van der Waals surface area contributed by atoms with Crippen LogP contribution in [0.4, 0.5) is 15.9 Å². The molecule has 0 fully saturated rings. The Hall–Kier alpha value is -3.56. The third kappa shape index (κ3) is 3.65. The highest BCUT2D eigenvalue weighted by atomic mass is 35.5. The standard InChI is InChI=1S/C22H15ClFN5O2S/c23-16-9-14(24)2-3-15(16)21(30)27-18-4-1-13(10-25-18)22(31)29-7-5-12-11-26-28-19(12)20-17(29)6-8-32-20/h1-4,6,8-11H,5,7H2,(H,26,28)(H,25,27,30). The zero-order chi connectivity index (χ0) is 22.2. The van der Waals surface area contributed by atoms with E-state index < -0.39 is 11.7 Å². The first-order chi connectivity index (χ1) is 15.5. The Bertz CT molecular complexity index is 1330. The lowest BCUT2D eigenvalue weighted by Gasteiger charge is -2.21. The summed E-state index contributed by atoms with van der Waals surface area (Å²) >= 11 is 7.49. The van der Waals surface area contributed by atoms with Crippen molar-refractivity contribution in [1.29, 1.82) is 0 Å². The predicted molar refractivity (Wildman–Crippen MR) is 121 cm³/mol. The lowest BCUT2D eigenvalue weighted by atomic mass is 10.2. The molecule has 3 aromatic heterocycles. The molecule has 0 atom stereocenters. The average molecular weight is 468 g/mol. The normalized spacial score (nSPS) is 12.6. The first-order valence-corrected chi connectivity index (χ1v) is 10.9. The van der Waals surface area contributed by atoms with Crippen LogP contribution in [0.15, 0.2) is 54.2 Å². The monoisotopic (exact) mass is 467 g/mol. The van der Waals surface area contributed by atoms with Crippen molar-refractivity contribution in [2.75, 3.05) is 16.8 Å². The van der Waals surface area contributed by atoms with E-state index >= 15 is 0 Å². The minimum atomic E-state index is -0.529. The molecule has 0 unspecified atom stereocenters. The molecule has 1 aliphatic heterocycles. The second kappa shape index (κ2) is 8.18. The van der Waals surface area contributed by atoms with Gasteiger partial charge in [-0.15, -0.1) is 11.3 Å². The van der Waals surface area contributed by atoms with Crippen LogP contribution in [0.5, 0.6) is 0 Å². The summed E-state index contributed by atoms with van der Waals surface area (Å²) in [4.78, 5) is 32.5. The molecule has 2 amide bonds. The van der Waals surface area contributed by atoms with Gasteiger partial charge in [-0.2, -0.15) is 5.10 Å². The Labute approximate surface area is 190 Å². The molecule has 0 bridgehead atoms. The van der Waals surface area contributed by atoms with Crippen molar-refractivity contribution in [3.8, 4) is 10.6 Å². The van der Waals surface area contributed by atoms with E-state index in [-0.39, 0.29) is 22.3 Å². The summed E-state index contributed by atoms with van der Waals surface area (Å²) in [6, 6.07) is 8.59. The second-order valence-corrected chi connectivity index (χ2v) is 8.45. The largest absolute Gasteiger partial charge is 0.307 e. The number of halogens is 2. The summed E-state index contributed by atoms with van der Waals surface area (Å²) in [6.45, 7) is 0.511. The van der Waals surface area contributed by atoms with Gasteiger partial charge in [0.25, 0.3) is 11.8 Å². The highest BCUT2D eigenvalue weighted by Crippen LogP contribution is 2.39. The highest BCUT2D eigenvalue weighted by molar-refractivity contribution is 7.14. The van der Waals surface area contributed by atoms with E-state index in [2.05, 4.69) is 20.5 Å². The number of aromatic nitrogens is 3. The van der Waals surface area contributed by atoms with Gasteiger partial charge in [0.05, 0.1) is 38.6 Å². The molecule has 4 heterocycles. The van der Waals surface area contributed by atoms with Gasteiger partial charge in [-0.05, 0) is 48.2 Å².